The molecular weight excluding hydrogens is 396 g/mol. The summed E-state index contributed by atoms with van der Waals surface area (Å²) in [6, 6.07) is 23.8. The van der Waals surface area contributed by atoms with E-state index < -0.39 is 0 Å². The second-order valence-corrected chi connectivity index (χ2v) is 8.10. The summed E-state index contributed by atoms with van der Waals surface area (Å²) in [5.74, 6) is 0.343. The molecule has 0 aliphatic carbocycles. The fourth-order valence-electron chi connectivity index (χ4n) is 3.80. The van der Waals surface area contributed by atoms with Gasteiger partial charge >= 0.3 is 5.97 Å². The molecule has 3 rings (SSSR count). The third-order valence-corrected chi connectivity index (χ3v) is 5.73. The zero-order chi connectivity index (χ0) is 22.8. The Morgan fingerprint density at radius 2 is 1.47 bits per heavy atom. The van der Waals surface area contributed by atoms with Crippen LogP contribution in [-0.2, 0) is 11.2 Å². The number of carbonyl (C=O) groups is 1. The van der Waals surface area contributed by atoms with Gasteiger partial charge in [-0.05, 0) is 67.1 Å². The number of ether oxygens (including phenoxy) is 2. The van der Waals surface area contributed by atoms with Crippen molar-refractivity contribution >= 4 is 5.97 Å². The molecule has 0 heterocycles. The van der Waals surface area contributed by atoms with E-state index in [-0.39, 0.29) is 12.1 Å². The Bertz CT molecular complexity index is 974. The van der Waals surface area contributed by atoms with Gasteiger partial charge in [0, 0.05) is 6.61 Å². The van der Waals surface area contributed by atoms with Gasteiger partial charge < -0.3 is 9.47 Å². The van der Waals surface area contributed by atoms with E-state index in [1.54, 1.807) is 0 Å². The lowest BCUT2D eigenvalue weighted by Gasteiger charge is -2.13. The smallest absolute Gasteiger partial charge is 0.343 e. The summed E-state index contributed by atoms with van der Waals surface area (Å²) >= 11 is 0. The van der Waals surface area contributed by atoms with Crippen LogP contribution in [0.4, 0.5) is 0 Å². The molecule has 3 aromatic carbocycles. The van der Waals surface area contributed by atoms with Crippen LogP contribution in [0.3, 0.4) is 0 Å². The van der Waals surface area contributed by atoms with E-state index >= 15 is 0 Å². The maximum absolute atomic E-state index is 12.7. The molecule has 0 aromatic heterocycles. The van der Waals surface area contributed by atoms with Crippen molar-refractivity contribution < 1.29 is 14.3 Å². The van der Waals surface area contributed by atoms with E-state index in [0.717, 1.165) is 35.1 Å². The third-order valence-electron chi connectivity index (χ3n) is 5.73. The molecule has 3 heteroatoms. The molecule has 0 saturated carbocycles. The minimum Gasteiger partial charge on any atom is -0.423 e. The van der Waals surface area contributed by atoms with Gasteiger partial charge in [-0.15, -0.1) is 0 Å². The molecule has 32 heavy (non-hydrogen) atoms. The van der Waals surface area contributed by atoms with E-state index in [2.05, 4.69) is 38.1 Å². The molecular formula is C29H34O3. The first kappa shape index (κ1) is 23.7. The third kappa shape index (κ3) is 6.54. The summed E-state index contributed by atoms with van der Waals surface area (Å²) in [5, 5.41) is 0. The second kappa shape index (κ2) is 12.2. The lowest BCUT2D eigenvalue weighted by atomic mass is 10.0. The van der Waals surface area contributed by atoms with Crippen molar-refractivity contribution in [3.63, 3.8) is 0 Å². The first-order valence-corrected chi connectivity index (χ1v) is 11.7. The minimum absolute atomic E-state index is 0.0840. The van der Waals surface area contributed by atoms with E-state index in [1.807, 2.05) is 55.5 Å². The van der Waals surface area contributed by atoms with Gasteiger partial charge in [0.25, 0.3) is 0 Å². The molecule has 0 amide bonds. The predicted molar refractivity (Wildman–Crippen MR) is 131 cm³/mol. The van der Waals surface area contributed by atoms with Crippen LogP contribution < -0.4 is 4.74 Å². The average Bonchev–Trinajstić information content (AvgIpc) is 2.83. The highest BCUT2D eigenvalue weighted by atomic mass is 16.5. The quantitative estimate of drug-likeness (QED) is 0.177. The Morgan fingerprint density at radius 3 is 2.12 bits per heavy atom. The zero-order valence-corrected chi connectivity index (χ0v) is 19.5. The number of hydrogen-bond donors (Lipinski definition) is 0. The van der Waals surface area contributed by atoms with Crippen LogP contribution in [0.5, 0.6) is 5.75 Å². The van der Waals surface area contributed by atoms with Gasteiger partial charge in [0.2, 0.25) is 0 Å². The SMILES string of the molecule is CCCCCCc1ccccc1OC(=O)c1ccc(-c2ccc(C(C)OCC)cc2)cc1. The summed E-state index contributed by atoms with van der Waals surface area (Å²) in [5.41, 5.74) is 4.97. The van der Waals surface area contributed by atoms with Crippen molar-refractivity contribution in [2.75, 3.05) is 6.61 Å². The molecule has 0 saturated heterocycles. The number of unbranched alkanes of at least 4 members (excludes halogenated alkanes) is 3. The van der Waals surface area contributed by atoms with E-state index in [9.17, 15) is 4.79 Å². The number of aryl methyl sites for hydroxylation is 1. The number of hydrogen-bond acceptors (Lipinski definition) is 3. The largest absolute Gasteiger partial charge is 0.423 e. The second-order valence-electron chi connectivity index (χ2n) is 8.10. The highest BCUT2D eigenvalue weighted by Crippen LogP contribution is 2.25. The van der Waals surface area contributed by atoms with Crippen LogP contribution >= 0.6 is 0 Å². The van der Waals surface area contributed by atoms with Gasteiger partial charge in [0.05, 0.1) is 11.7 Å². The van der Waals surface area contributed by atoms with Gasteiger partial charge in [-0.2, -0.15) is 0 Å². The van der Waals surface area contributed by atoms with Crippen LogP contribution in [0.15, 0.2) is 72.8 Å². The van der Waals surface area contributed by atoms with Crippen molar-refractivity contribution in [2.45, 2.75) is 59.0 Å². The minimum atomic E-state index is -0.321. The maximum atomic E-state index is 12.7. The molecule has 168 valence electrons. The lowest BCUT2D eigenvalue weighted by molar-refractivity contribution is 0.0732. The van der Waals surface area contributed by atoms with Crippen molar-refractivity contribution in [3.05, 3.63) is 89.5 Å². The molecule has 1 atom stereocenters. The molecule has 0 aliphatic heterocycles. The van der Waals surface area contributed by atoms with Crippen LogP contribution in [0.2, 0.25) is 0 Å². The first-order valence-electron chi connectivity index (χ1n) is 11.7. The van der Waals surface area contributed by atoms with E-state index in [1.165, 1.54) is 19.3 Å². The number of rotatable bonds is 11. The maximum Gasteiger partial charge on any atom is 0.343 e. The van der Waals surface area contributed by atoms with Crippen LogP contribution in [0, 0.1) is 0 Å². The Hall–Kier alpha value is -2.91. The summed E-state index contributed by atoms with van der Waals surface area (Å²) in [6.45, 7) is 6.97. The van der Waals surface area contributed by atoms with E-state index in [0.29, 0.717) is 17.9 Å². The molecule has 0 aliphatic rings. The molecule has 0 N–H and O–H groups in total. The van der Waals surface area contributed by atoms with Crippen molar-refractivity contribution in [1.82, 2.24) is 0 Å². The van der Waals surface area contributed by atoms with Gasteiger partial charge in [-0.1, -0.05) is 80.8 Å². The van der Waals surface area contributed by atoms with Crippen LogP contribution in [0.25, 0.3) is 11.1 Å². The highest BCUT2D eigenvalue weighted by Gasteiger charge is 2.12. The van der Waals surface area contributed by atoms with Crippen molar-refractivity contribution in [1.29, 1.82) is 0 Å². The molecule has 3 nitrogen and oxygen atoms in total. The fourth-order valence-corrected chi connectivity index (χ4v) is 3.80. The average molecular weight is 431 g/mol. The Morgan fingerprint density at radius 1 is 0.812 bits per heavy atom. The predicted octanol–water partition coefficient (Wildman–Crippen LogP) is 7.79. The van der Waals surface area contributed by atoms with Crippen LogP contribution in [0.1, 0.15) is 74.0 Å². The number of carbonyl (C=O) groups excluding carboxylic acids is 1. The van der Waals surface area contributed by atoms with Gasteiger partial charge in [0.15, 0.2) is 0 Å². The summed E-state index contributed by atoms with van der Waals surface area (Å²) < 4.78 is 11.4. The molecule has 0 bridgehead atoms. The summed E-state index contributed by atoms with van der Waals surface area (Å²) in [6.07, 6.45) is 5.78. The number of esters is 1. The Kier molecular flexibility index (Phi) is 9.06. The topological polar surface area (TPSA) is 35.5 Å². The summed E-state index contributed by atoms with van der Waals surface area (Å²) in [7, 11) is 0. The Labute approximate surface area is 192 Å². The Balaban J connectivity index is 1.65. The highest BCUT2D eigenvalue weighted by molar-refractivity contribution is 5.91. The summed E-state index contributed by atoms with van der Waals surface area (Å²) in [4.78, 5) is 12.7. The zero-order valence-electron chi connectivity index (χ0n) is 19.5. The number of para-hydroxylation sites is 1. The lowest BCUT2D eigenvalue weighted by Crippen LogP contribution is -2.09. The van der Waals surface area contributed by atoms with Crippen molar-refractivity contribution in [3.8, 4) is 16.9 Å². The van der Waals surface area contributed by atoms with Gasteiger partial charge in [0.1, 0.15) is 5.75 Å². The fraction of sp³-hybridized carbons (Fsp3) is 0.345. The molecule has 1 unspecified atom stereocenters. The normalized spacial score (nSPS) is 11.8. The van der Waals surface area contributed by atoms with E-state index in [4.69, 9.17) is 9.47 Å². The molecule has 3 aromatic rings. The monoisotopic (exact) mass is 430 g/mol. The molecule has 0 fully saturated rings. The van der Waals surface area contributed by atoms with Crippen molar-refractivity contribution in [2.24, 2.45) is 0 Å². The standard InChI is InChI=1S/C29H34O3/c1-4-6-7-8-11-26-12-9-10-13-28(26)32-29(30)27-20-18-25(19-21-27)24-16-14-23(15-17-24)22(3)31-5-2/h9-10,12-22H,4-8,11H2,1-3H3. The van der Waals surface area contributed by atoms with Gasteiger partial charge in [-0.3, -0.25) is 0 Å². The molecule has 0 radical (unpaired) electrons. The van der Waals surface area contributed by atoms with Gasteiger partial charge in [-0.25, -0.2) is 4.79 Å². The first-order chi connectivity index (χ1) is 15.6. The number of benzene rings is 3. The molecule has 0 spiro atoms. The van der Waals surface area contributed by atoms with Crippen LogP contribution in [-0.4, -0.2) is 12.6 Å².